The number of carbonyl (C=O) groups is 1. The Hall–Kier alpha value is -1.46. The van der Waals surface area contributed by atoms with Crippen molar-refractivity contribution in [3.63, 3.8) is 0 Å². The lowest BCUT2D eigenvalue weighted by molar-refractivity contribution is -0.0461. The molecule has 0 spiro atoms. The van der Waals surface area contributed by atoms with Crippen molar-refractivity contribution in [3.8, 4) is 0 Å². The lowest BCUT2D eigenvalue weighted by atomic mass is 10.1. The van der Waals surface area contributed by atoms with E-state index in [1.165, 1.54) is 31.0 Å². The lowest BCUT2D eigenvalue weighted by Gasteiger charge is -2.35. The van der Waals surface area contributed by atoms with E-state index in [1.807, 2.05) is 0 Å². The number of rotatable bonds is 3. The van der Waals surface area contributed by atoms with E-state index in [9.17, 15) is 9.18 Å². The van der Waals surface area contributed by atoms with E-state index in [-0.39, 0.29) is 12.0 Å². The molecule has 2 heterocycles. The van der Waals surface area contributed by atoms with Gasteiger partial charge in [-0.15, -0.1) is 0 Å². The largest absolute Gasteiger partial charge is 0.373 e. The molecule has 1 aromatic carbocycles. The van der Waals surface area contributed by atoms with Crippen molar-refractivity contribution >= 4 is 5.91 Å². The van der Waals surface area contributed by atoms with Gasteiger partial charge in [-0.05, 0) is 37.6 Å². The van der Waals surface area contributed by atoms with Crippen LogP contribution in [0.2, 0.25) is 0 Å². The van der Waals surface area contributed by atoms with Gasteiger partial charge in [-0.2, -0.15) is 0 Å². The number of ether oxygens (including phenoxy) is 1. The van der Waals surface area contributed by atoms with E-state index in [4.69, 9.17) is 4.74 Å². The minimum atomic E-state index is -0.397. The van der Waals surface area contributed by atoms with E-state index in [0.717, 1.165) is 19.7 Å². The fourth-order valence-electron chi connectivity index (χ4n) is 2.95. The Morgan fingerprint density at radius 3 is 3.25 bits per heavy atom. The maximum atomic E-state index is 13.1. The predicted molar refractivity (Wildman–Crippen MR) is 73.1 cm³/mol. The molecule has 2 aliphatic heterocycles. The Morgan fingerprint density at radius 2 is 2.40 bits per heavy atom. The van der Waals surface area contributed by atoms with Crippen molar-refractivity contribution in [2.24, 2.45) is 0 Å². The summed E-state index contributed by atoms with van der Waals surface area (Å²) in [4.78, 5) is 14.4. The second kappa shape index (κ2) is 5.89. The molecule has 108 valence electrons. The average Bonchev–Trinajstić information content (AvgIpc) is 2.92. The molecule has 20 heavy (non-hydrogen) atoms. The van der Waals surface area contributed by atoms with Crippen LogP contribution in [0.15, 0.2) is 24.3 Å². The van der Waals surface area contributed by atoms with E-state index in [2.05, 4.69) is 10.2 Å². The molecule has 2 atom stereocenters. The van der Waals surface area contributed by atoms with Crippen molar-refractivity contribution in [1.82, 2.24) is 10.2 Å². The van der Waals surface area contributed by atoms with Gasteiger partial charge in [-0.1, -0.05) is 6.07 Å². The first-order valence-corrected chi connectivity index (χ1v) is 7.12. The van der Waals surface area contributed by atoms with Crippen LogP contribution in [0, 0.1) is 5.82 Å². The second-order valence-electron chi connectivity index (χ2n) is 5.47. The van der Waals surface area contributed by atoms with Gasteiger partial charge in [0, 0.05) is 24.7 Å². The Bertz CT molecular complexity index is 495. The monoisotopic (exact) mass is 278 g/mol. The molecule has 2 aliphatic rings. The summed E-state index contributed by atoms with van der Waals surface area (Å²) < 4.78 is 18.8. The van der Waals surface area contributed by atoms with Crippen LogP contribution >= 0.6 is 0 Å². The maximum absolute atomic E-state index is 13.1. The van der Waals surface area contributed by atoms with Crippen LogP contribution in [0.5, 0.6) is 0 Å². The van der Waals surface area contributed by atoms with Gasteiger partial charge in [-0.25, -0.2) is 4.39 Å². The number of hydrogen-bond acceptors (Lipinski definition) is 3. The number of nitrogens with one attached hydrogen (secondary N) is 1. The zero-order valence-corrected chi connectivity index (χ0v) is 11.3. The number of benzene rings is 1. The summed E-state index contributed by atoms with van der Waals surface area (Å²) in [6, 6.07) is 6.28. The lowest BCUT2D eigenvalue weighted by Crippen LogP contribution is -2.50. The number of morpholine rings is 1. The Balaban J connectivity index is 1.51. The zero-order chi connectivity index (χ0) is 13.9. The highest BCUT2D eigenvalue weighted by atomic mass is 19.1. The SMILES string of the molecule is O=C(NCC1CN2CCCC2CO1)c1cccc(F)c1. The molecule has 2 saturated heterocycles. The van der Waals surface area contributed by atoms with Crippen LogP contribution in [0.3, 0.4) is 0 Å². The molecule has 3 rings (SSSR count). The van der Waals surface area contributed by atoms with E-state index in [1.54, 1.807) is 6.07 Å². The summed E-state index contributed by atoms with van der Waals surface area (Å²) >= 11 is 0. The first-order valence-electron chi connectivity index (χ1n) is 7.12. The predicted octanol–water partition coefficient (Wildman–Crippen LogP) is 1.42. The van der Waals surface area contributed by atoms with E-state index in [0.29, 0.717) is 18.2 Å². The molecule has 0 aliphatic carbocycles. The van der Waals surface area contributed by atoms with Gasteiger partial charge in [0.05, 0.1) is 12.7 Å². The van der Waals surface area contributed by atoms with E-state index >= 15 is 0 Å². The quantitative estimate of drug-likeness (QED) is 0.909. The summed E-state index contributed by atoms with van der Waals surface area (Å²) in [5, 5.41) is 2.82. The molecule has 4 nitrogen and oxygen atoms in total. The van der Waals surface area contributed by atoms with Crippen LogP contribution in [-0.2, 0) is 4.74 Å². The fraction of sp³-hybridized carbons (Fsp3) is 0.533. The number of halogens is 1. The number of fused-ring (bicyclic) bond motifs is 1. The minimum Gasteiger partial charge on any atom is -0.373 e. The first-order chi connectivity index (χ1) is 9.72. The molecule has 5 heteroatoms. The summed E-state index contributed by atoms with van der Waals surface area (Å²) in [5.74, 6) is -0.650. The van der Waals surface area contributed by atoms with Gasteiger partial charge in [0.25, 0.3) is 5.91 Å². The van der Waals surface area contributed by atoms with Crippen molar-refractivity contribution in [3.05, 3.63) is 35.6 Å². The smallest absolute Gasteiger partial charge is 0.251 e. The molecule has 1 amide bonds. The van der Waals surface area contributed by atoms with Crippen LogP contribution < -0.4 is 5.32 Å². The average molecular weight is 278 g/mol. The Morgan fingerprint density at radius 1 is 1.50 bits per heavy atom. The number of nitrogens with zero attached hydrogens (tertiary/aromatic N) is 1. The Labute approximate surface area is 117 Å². The van der Waals surface area contributed by atoms with E-state index < -0.39 is 5.82 Å². The molecular weight excluding hydrogens is 259 g/mol. The maximum Gasteiger partial charge on any atom is 0.251 e. The summed E-state index contributed by atoms with van der Waals surface area (Å²) in [6.45, 7) is 3.22. The van der Waals surface area contributed by atoms with Crippen molar-refractivity contribution in [2.75, 3.05) is 26.2 Å². The number of carbonyl (C=O) groups excluding carboxylic acids is 1. The molecule has 2 unspecified atom stereocenters. The van der Waals surface area contributed by atoms with Crippen molar-refractivity contribution < 1.29 is 13.9 Å². The molecule has 0 bridgehead atoms. The van der Waals surface area contributed by atoms with Crippen LogP contribution in [0.1, 0.15) is 23.2 Å². The standard InChI is InChI=1S/C15H19FN2O2/c16-12-4-1-3-11(7-12)15(19)17-8-14-9-18-6-2-5-13(18)10-20-14/h1,3-4,7,13-14H,2,5-6,8-10H2,(H,17,19). The third-order valence-corrected chi connectivity index (χ3v) is 4.04. The third-order valence-electron chi connectivity index (χ3n) is 4.04. The van der Waals surface area contributed by atoms with Crippen molar-refractivity contribution in [1.29, 1.82) is 0 Å². The molecule has 0 radical (unpaired) electrons. The Kier molecular flexibility index (Phi) is 3.98. The fourth-order valence-corrected chi connectivity index (χ4v) is 2.95. The topological polar surface area (TPSA) is 41.6 Å². The molecule has 2 fully saturated rings. The van der Waals surface area contributed by atoms with Gasteiger partial charge >= 0.3 is 0 Å². The summed E-state index contributed by atoms with van der Waals surface area (Å²) in [5.41, 5.74) is 0.347. The van der Waals surface area contributed by atoms with Crippen molar-refractivity contribution in [2.45, 2.75) is 25.0 Å². The molecule has 0 aromatic heterocycles. The minimum absolute atomic E-state index is 0.0295. The molecular formula is C15H19FN2O2. The van der Waals surface area contributed by atoms with Crippen LogP contribution in [0.25, 0.3) is 0 Å². The highest BCUT2D eigenvalue weighted by molar-refractivity contribution is 5.94. The van der Waals surface area contributed by atoms with Gasteiger partial charge in [0.2, 0.25) is 0 Å². The van der Waals surface area contributed by atoms with Gasteiger partial charge in [0.1, 0.15) is 5.82 Å². The third kappa shape index (κ3) is 2.99. The number of hydrogen-bond donors (Lipinski definition) is 1. The highest BCUT2D eigenvalue weighted by Gasteiger charge is 2.32. The zero-order valence-electron chi connectivity index (χ0n) is 11.3. The van der Waals surface area contributed by atoms with Gasteiger partial charge in [0.15, 0.2) is 0 Å². The number of amides is 1. The molecule has 1 aromatic rings. The summed E-state index contributed by atoms with van der Waals surface area (Å²) in [6.07, 6.45) is 2.47. The highest BCUT2D eigenvalue weighted by Crippen LogP contribution is 2.22. The van der Waals surface area contributed by atoms with Crippen LogP contribution in [0.4, 0.5) is 4.39 Å². The van der Waals surface area contributed by atoms with Crippen LogP contribution in [-0.4, -0.2) is 49.2 Å². The normalized spacial score (nSPS) is 26.2. The van der Waals surface area contributed by atoms with Gasteiger partial charge in [-0.3, -0.25) is 9.69 Å². The molecule has 0 saturated carbocycles. The summed E-state index contributed by atoms with van der Waals surface area (Å²) in [7, 11) is 0. The first kappa shape index (κ1) is 13.5. The van der Waals surface area contributed by atoms with Gasteiger partial charge < -0.3 is 10.1 Å². The molecule has 1 N–H and O–H groups in total. The second-order valence-corrected chi connectivity index (χ2v) is 5.47.